The molecule has 0 aromatic carbocycles. The van der Waals surface area contributed by atoms with Gasteiger partial charge in [0, 0.05) is 0 Å². The van der Waals surface area contributed by atoms with Crippen LogP contribution in [-0.4, -0.2) is 0 Å². The van der Waals surface area contributed by atoms with Gasteiger partial charge in [-0.25, -0.2) is 0 Å². The summed E-state index contributed by atoms with van der Waals surface area (Å²) in [6, 6.07) is 0. The molecule has 0 nitrogen and oxygen atoms in total. The highest BCUT2D eigenvalue weighted by Gasteiger charge is 2.12. The van der Waals surface area contributed by atoms with E-state index in [4.69, 9.17) is 0 Å². The van der Waals surface area contributed by atoms with E-state index < -0.39 is 0 Å². The summed E-state index contributed by atoms with van der Waals surface area (Å²) >= 11 is 0. The molecule has 2 atom stereocenters. The standard InChI is InChI=1S/C22H38.CH4/c1-10-22(15-17(4)5)21(9)20(8)14-13-19(7)18(6)12-11-16(2)3;/h14-16,18-19H,4,9-13H2,1-3,5-8H3;1H4/b20-14+,22-15-;. The first-order valence-corrected chi connectivity index (χ1v) is 8.91. The van der Waals surface area contributed by atoms with Crippen LogP contribution in [-0.2, 0) is 0 Å². The first kappa shape index (κ1) is 24.2. The van der Waals surface area contributed by atoms with Gasteiger partial charge in [-0.05, 0) is 61.2 Å². The van der Waals surface area contributed by atoms with E-state index in [1.165, 1.54) is 29.6 Å². The van der Waals surface area contributed by atoms with Gasteiger partial charge in [0.1, 0.15) is 0 Å². The molecular formula is C23H42. The Balaban J connectivity index is 0. The third-order valence-electron chi connectivity index (χ3n) is 4.63. The monoisotopic (exact) mass is 318 g/mol. The summed E-state index contributed by atoms with van der Waals surface area (Å²) in [4.78, 5) is 0. The van der Waals surface area contributed by atoms with Crippen molar-refractivity contribution in [3.63, 3.8) is 0 Å². The lowest BCUT2D eigenvalue weighted by atomic mass is 9.86. The van der Waals surface area contributed by atoms with Crippen LogP contribution in [0.5, 0.6) is 0 Å². The normalized spacial score (nSPS) is 15.1. The maximum absolute atomic E-state index is 4.28. The van der Waals surface area contributed by atoms with Crippen LogP contribution in [0.4, 0.5) is 0 Å². The molecule has 0 fully saturated rings. The van der Waals surface area contributed by atoms with Crippen LogP contribution < -0.4 is 0 Å². The Morgan fingerprint density at radius 2 is 1.52 bits per heavy atom. The average molecular weight is 319 g/mol. The van der Waals surface area contributed by atoms with E-state index in [1.807, 2.05) is 6.92 Å². The van der Waals surface area contributed by atoms with Crippen molar-refractivity contribution in [3.8, 4) is 0 Å². The Bertz CT molecular complexity index is 417. The fraction of sp³-hybridized carbons (Fsp3) is 0.652. The number of rotatable bonds is 10. The summed E-state index contributed by atoms with van der Waals surface area (Å²) in [7, 11) is 0. The lowest BCUT2D eigenvalue weighted by molar-refractivity contribution is 0.339. The number of hydrogen-bond acceptors (Lipinski definition) is 0. The molecule has 2 unspecified atom stereocenters. The summed E-state index contributed by atoms with van der Waals surface area (Å²) < 4.78 is 0. The van der Waals surface area contributed by atoms with Crippen LogP contribution in [0.3, 0.4) is 0 Å². The molecule has 0 aliphatic rings. The number of hydrogen-bond donors (Lipinski definition) is 0. The largest absolute Gasteiger partial charge is 0.0961 e. The molecule has 0 aliphatic carbocycles. The van der Waals surface area contributed by atoms with Crippen LogP contribution in [0.1, 0.15) is 81.6 Å². The number of allylic oxidation sites excluding steroid dienone is 6. The molecule has 0 aromatic heterocycles. The van der Waals surface area contributed by atoms with E-state index in [-0.39, 0.29) is 7.43 Å². The molecule has 0 aliphatic heterocycles. The van der Waals surface area contributed by atoms with Crippen molar-refractivity contribution in [1.29, 1.82) is 0 Å². The van der Waals surface area contributed by atoms with E-state index in [9.17, 15) is 0 Å². The van der Waals surface area contributed by atoms with Crippen LogP contribution >= 0.6 is 0 Å². The van der Waals surface area contributed by atoms with Gasteiger partial charge in [0.25, 0.3) is 0 Å². The molecule has 0 amide bonds. The SMILES string of the molecule is C.C=C(C)/C=C(/CC)C(=C)/C(C)=C/CC(C)C(C)CCC(C)C. The summed E-state index contributed by atoms with van der Waals surface area (Å²) in [5.74, 6) is 2.33. The Morgan fingerprint density at radius 3 is 1.96 bits per heavy atom. The maximum atomic E-state index is 4.28. The van der Waals surface area contributed by atoms with Gasteiger partial charge in [-0.15, -0.1) is 0 Å². The zero-order valence-electron chi connectivity index (χ0n) is 16.1. The Labute approximate surface area is 147 Å². The van der Waals surface area contributed by atoms with Gasteiger partial charge in [-0.1, -0.05) is 85.8 Å². The van der Waals surface area contributed by atoms with Gasteiger partial charge in [-0.3, -0.25) is 0 Å². The van der Waals surface area contributed by atoms with E-state index in [0.29, 0.717) is 0 Å². The third-order valence-corrected chi connectivity index (χ3v) is 4.63. The summed E-state index contributed by atoms with van der Waals surface area (Å²) in [6.07, 6.45) is 9.37. The molecule has 0 spiro atoms. The van der Waals surface area contributed by atoms with Crippen molar-refractivity contribution in [3.05, 3.63) is 47.6 Å². The summed E-state index contributed by atoms with van der Waals surface area (Å²) in [5, 5.41) is 0. The average Bonchev–Trinajstić information content (AvgIpc) is 2.46. The van der Waals surface area contributed by atoms with Crippen molar-refractivity contribution in [2.45, 2.75) is 81.6 Å². The highest BCUT2D eigenvalue weighted by molar-refractivity contribution is 5.45. The van der Waals surface area contributed by atoms with E-state index in [2.05, 4.69) is 66.9 Å². The van der Waals surface area contributed by atoms with Crippen LogP contribution in [0, 0.1) is 17.8 Å². The first-order valence-electron chi connectivity index (χ1n) is 8.91. The minimum atomic E-state index is 0. The van der Waals surface area contributed by atoms with Gasteiger partial charge in [-0.2, -0.15) is 0 Å². The van der Waals surface area contributed by atoms with E-state index in [1.54, 1.807) is 0 Å². The topological polar surface area (TPSA) is 0 Å². The molecule has 0 bridgehead atoms. The predicted molar refractivity (Wildman–Crippen MR) is 110 cm³/mol. The second kappa shape index (κ2) is 12.4. The van der Waals surface area contributed by atoms with Crippen molar-refractivity contribution in [2.24, 2.45) is 17.8 Å². The molecule has 0 rings (SSSR count). The van der Waals surface area contributed by atoms with Gasteiger partial charge >= 0.3 is 0 Å². The third kappa shape index (κ3) is 10.4. The van der Waals surface area contributed by atoms with Crippen LogP contribution in [0.2, 0.25) is 0 Å². The molecule has 0 saturated heterocycles. The quantitative estimate of drug-likeness (QED) is 0.356. The Kier molecular flexibility index (Phi) is 13.0. The zero-order valence-corrected chi connectivity index (χ0v) is 16.1. The van der Waals surface area contributed by atoms with Crippen LogP contribution in [0.25, 0.3) is 0 Å². The molecule has 0 saturated carbocycles. The van der Waals surface area contributed by atoms with Gasteiger partial charge in [0.15, 0.2) is 0 Å². The molecule has 134 valence electrons. The van der Waals surface area contributed by atoms with E-state index >= 15 is 0 Å². The molecule has 0 radical (unpaired) electrons. The van der Waals surface area contributed by atoms with Crippen molar-refractivity contribution < 1.29 is 0 Å². The fourth-order valence-corrected chi connectivity index (χ4v) is 2.55. The molecule has 0 N–H and O–H groups in total. The van der Waals surface area contributed by atoms with Crippen molar-refractivity contribution >= 4 is 0 Å². The molecular weight excluding hydrogens is 276 g/mol. The Hall–Kier alpha value is -1.04. The maximum Gasteiger partial charge on any atom is -0.0270 e. The summed E-state index contributed by atoms with van der Waals surface area (Å²) in [6.45, 7) is 24.1. The molecule has 23 heavy (non-hydrogen) atoms. The minimum Gasteiger partial charge on any atom is -0.0961 e. The van der Waals surface area contributed by atoms with Gasteiger partial charge < -0.3 is 0 Å². The van der Waals surface area contributed by atoms with Gasteiger partial charge in [0.05, 0.1) is 0 Å². The minimum absolute atomic E-state index is 0. The molecule has 0 heterocycles. The lowest BCUT2D eigenvalue weighted by Crippen LogP contribution is -2.08. The Morgan fingerprint density at radius 1 is 0.957 bits per heavy atom. The smallest absolute Gasteiger partial charge is 0.0270 e. The highest BCUT2D eigenvalue weighted by Crippen LogP contribution is 2.26. The zero-order chi connectivity index (χ0) is 17.3. The van der Waals surface area contributed by atoms with Gasteiger partial charge in [0.2, 0.25) is 0 Å². The highest BCUT2D eigenvalue weighted by atomic mass is 14.2. The second-order valence-corrected chi connectivity index (χ2v) is 7.40. The van der Waals surface area contributed by atoms with E-state index in [0.717, 1.165) is 36.2 Å². The fourth-order valence-electron chi connectivity index (χ4n) is 2.55. The molecule has 0 aromatic rings. The second-order valence-electron chi connectivity index (χ2n) is 7.40. The summed E-state index contributed by atoms with van der Waals surface area (Å²) in [5.41, 5.74) is 4.90. The predicted octanol–water partition coefficient (Wildman–Crippen LogP) is 8.14. The van der Waals surface area contributed by atoms with Crippen molar-refractivity contribution in [2.75, 3.05) is 0 Å². The molecule has 0 heteroatoms. The first-order chi connectivity index (χ1) is 10.2. The van der Waals surface area contributed by atoms with Crippen molar-refractivity contribution in [1.82, 2.24) is 0 Å². The lowest BCUT2D eigenvalue weighted by Gasteiger charge is -2.20. The van der Waals surface area contributed by atoms with Crippen LogP contribution in [0.15, 0.2) is 47.6 Å².